The zero-order valence-corrected chi connectivity index (χ0v) is 26.3. The van der Waals surface area contributed by atoms with Crippen LogP contribution in [0.15, 0.2) is 0 Å². The number of hydrogen-bond donors (Lipinski definition) is 0. The summed E-state index contributed by atoms with van der Waals surface area (Å²) >= 11 is 0. The summed E-state index contributed by atoms with van der Waals surface area (Å²) in [5.41, 5.74) is 0. The lowest BCUT2D eigenvalue weighted by Crippen LogP contribution is -1.94. The lowest BCUT2D eigenvalue weighted by Gasteiger charge is -2.15. The normalized spacial score (nSPS) is 11.7. The standard InChI is InChI=1S/C34H71P/c1-4-7-9-11-13-15-17-19-21-23-25-27-29-31-33-35(6-3)34-32-30-28-26-24-22-20-18-16-14-12-10-8-5-2/h4-34H2,1-3H3. The van der Waals surface area contributed by atoms with Gasteiger partial charge in [-0.2, -0.15) is 0 Å². The lowest BCUT2D eigenvalue weighted by atomic mass is 10.0. The minimum absolute atomic E-state index is 0.361. The molecule has 0 fully saturated rings. The van der Waals surface area contributed by atoms with Crippen molar-refractivity contribution in [1.29, 1.82) is 0 Å². The molecule has 0 amide bonds. The van der Waals surface area contributed by atoms with Crippen LogP contribution in [-0.4, -0.2) is 18.5 Å². The first-order chi connectivity index (χ1) is 17.3. The van der Waals surface area contributed by atoms with Gasteiger partial charge in [0.2, 0.25) is 0 Å². The van der Waals surface area contributed by atoms with Crippen molar-refractivity contribution in [3.05, 3.63) is 0 Å². The Bertz CT molecular complexity index is 320. The van der Waals surface area contributed by atoms with Gasteiger partial charge in [-0.25, -0.2) is 0 Å². The monoisotopic (exact) mass is 511 g/mol. The quantitative estimate of drug-likeness (QED) is 0.0642. The van der Waals surface area contributed by atoms with Gasteiger partial charge < -0.3 is 0 Å². The minimum Gasteiger partial charge on any atom is -0.107 e. The fourth-order valence-corrected chi connectivity index (χ4v) is 7.69. The topological polar surface area (TPSA) is 0 Å². The average molecular weight is 511 g/mol. The maximum absolute atomic E-state index is 2.46. The molecule has 0 aliphatic heterocycles. The summed E-state index contributed by atoms with van der Waals surface area (Å²) in [5, 5.41) is 0. The van der Waals surface area contributed by atoms with Crippen molar-refractivity contribution in [3.8, 4) is 0 Å². The van der Waals surface area contributed by atoms with Crippen molar-refractivity contribution in [2.75, 3.05) is 18.5 Å². The number of hydrogen-bond acceptors (Lipinski definition) is 0. The van der Waals surface area contributed by atoms with Crippen molar-refractivity contribution < 1.29 is 0 Å². The van der Waals surface area contributed by atoms with Crippen LogP contribution < -0.4 is 0 Å². The van der Waals surface area contributed by atoms with Gasteiger partial charge in [0.1, 0.15) is 0 Å². The van der Waals surface area contributed by atoms with Crippen LogP contribution in [-0.2, 0) is 0 Å². The molecule has 0 heterocycles. The van der Waals surface area contributed by atoms with Gasteiger partial charge in [0.25, 0.3) is 0 Å². The van der Waals surface area contributed by atoms with Gasteiger partial charge >= 0.3 is 0 Å². The van der Waals surface area contributed by atoms with E-state index in [1.165, 1.54) is 186 Å². The van der Waals surface area contributed by atoms with E-state index in [4.69, 9.17) is 0 Å². The first-order valence-electron chi connectivity index (χ1n) is 17.1. The van der Waals surface area contributed by atoms with Crippen LogP contribution in [0.25, 0.3) is 0 Å². The van der Waals surface area contributed by atoms with Crippen LogP contribution in [0.5, 0.6) is 0 Å². The van der Waals surface area contributed by atoms with E-state index in [0.717, 1.165) is 0 Å². The molecule has 0 aromatic carbocycles. The van der Waals surface area contributed by atoms with Crippen molar-refractivity contribution >= 4 is 7.92 Å². The van der Waals surface area contributed by atoms with Crippen LogP contribution in [0.3, 0.4) is 0 Å². The van der Waals surface area contributed by atoms with Crippen molar-refractivity contribution in [2.24, 2.45) is 0 Å². The van der Waals surface area contributed by atoms with Gasteiger partial charge in [-0.1, -0.05) is 188 Å². The molecular formula is C34H71P. The second-order valence-electron chi connectivity index (χ2n) is 11.6. The third-order valence-electron chi connectivity index (χ3n) is 8.10. The van der Waals surface area contributed by atoms with Gasteiger partial charge in [-0.3, -0.25) is 0 Å². The molecule has 35 heavy (non-hydrogen) atoms. The smallest absolute Gasteiger partial charge is 0.0326 e. The summed E-state index contributed by atoms with van der Waals surface area (Å²) in [6, 6.07) is 0. The zero-order valence-electron chi connectivity index (χ0n) is 25.4. The molecule has 0 saturated heterocycles. The zero-order chi connectivity index (χ0) is 25.5. The second kappa shape index (κ2) is 32.5. The van der Waals surface area contributed by atoms with Crippen LogP contribution in [0.2, 0.25) is 0 Å². The van der Waals surface area contributed by atoms with Crippen LogP contribution in [0.1, 0.15) is 201 Å². The van der Waals surface area contributed by atoms with Crippen LogP contribution >= 0.6 is 7.92 Å². The van der Waals surface area contributed by atoms with E-state index in [1.54, 1.807) is 12.3 Å². The molecule has 0 saturated carbocycles. The Morgan fingerprint density at radius 3 is 0.657 bits per heavy atom. The second-order valence-corrected chi connectivity index (χ2v) is 14.5. The highest BCUT2D eigenvalue weighted by atomic mass is 31.1. The highest BCUT2D eigenvalue weighted by molar-refractivity contribution is 7.57. The average Bonchev–Trinajstić information content (AvgIpc) is 2.87. The molecule has 0 N–H and O–H groups in total. The van der Waals surface area contributed by atoms with E-state index in [2.05, 4.69) is 20.8 Å². The Morgan fingerprint density at radius 1 is 0.257 bits per heavy atom. The molecular weight excluding hydrogens is 439 g/mol. The van der Waals surface area contributed by atoms with Crippen molar-refractivity contribution in [2.45, 2.75) is 201 Å². The summed E-state index contributed by atoms with van der Waals surface area (Å²) in [6.07, 6.45) is 46.1. The third-order valence-corrected chi connectivity index (χ3v) is 10.9. The van der Waals surface area contributed by atoms with Crippen LogP contribution in [0, 0.1) is 0 Å². The predicted molar refractivity (Wildman–Crippen MR) is 168 cm³/mol. The number of unbranched alkanes of at least 4 members (excludes halogenated alkanes) is 26. The SMILES string of the molecule is CCCCCCCCCCCCCCCCP(CC)CCCCCCCCCCCCCCCC. The minimum atomic E-state index is 0.361. The summed E-state index contributed by atoms with van der Waals surface area (Å²) in [7, 11) is 0.361. The molecule has 0 nitrogen and oxygen atoms in total. The molecule has 0 spiro atoms. The molecule has 1 heteroatoms. The first-order valence-corrected chi connectivity index (χ1v) is 19.0. The molecule has 0 atom stereocenters. The summed E-state index contributed by atoms with van der Waals surface area (Å²) in [5.74, 6) is 0. The van der Waals surface area contributed by atoms with Gasteiger partial charge in [0, 0.05) is 0 Å². The van der Waals surface area contributed by atoms with Crippen LogP contribution in [0.4, 0.5) is 0 Å². The summed E-state index contributed by atoms with van der Waals surface area (Å²) < 4.78 is 0. The highest BCUT2D eigenvalue weighted by Crippen LogP contribution is 2.37. The highest BCUT2D eigenvalue weighted by Gasteiger charge is 2.05. The van der Waals surface area contributed by atoms with Gasteiger partial charge in [0.05, 0.1) is 0 Å². The van der Waals surface area contributed by atoms with E-state index < -0.39 is 0 Å². The molecule has 0 bridgehead atoms. The third kappa shape index (κ3) is 30.5. The van der Waals surface area contributed by atoms with Gasteiger partial charge in [-0.15, -0.1) is 7.92 Å². The maximum atomic E-state index is 2.46. The fourth-order valence-electron chi connectivity index (χ4n) is 5.49. The van der Waals surface area contributed by atoms with E-state index >= 15 is 0 Å². The molecule has 0 aliphatic carbocycles. The van der Waals surface area contributed by atoms with E-state index in [0.29, 0.717) is 7.92 Å². The Hall–Kier alpha value is 0.430. The fraction of sp³-hybridized carbons (Fsp3) is 1.00. The van der Waals surface area contributed by atoms with E-state index in [-0.39, 0.29) is 0 Å². The molecule has 212 valence electrons. The van der Waals surface area contributed by atoms with E-state index in [9.17, 15) is 0 Å². The predicted octanol–water partition coefficient (Wildman–Crippen LogP) is 13.5. The molecule has 0 aromatic heterocycles. The molecule has 0 radical (unpaired) electrons. The van der Waals surface area contributed by atoms with Gasteiger partial charge in [-0.05, 0) is 31.3 Å². The molecule has 0 unspecified atom stereocenters. The summed E-state index contributed by atoms with van der Waals surface area (Å²) in [4.78, 5) is 0. The largest absolute Gasteiger partial charge is 0.107 e. The Morgan fingerprint density at radius 2 is 0.457 bits per heavy atom. The van der Waals surface area contributed by atoms with Crippen molar-refractivity contribution in [1.82, 2.24) is 0 Å². The molecule has 0 aromatic rings. The number of rotatable bonds is 31. The van der Waals surface area contributed by atoms with Gasteiger partial charge in [0.15, 0.2) is 0 Å². The molecule has 0 rings (SSSR count). The lowest BCUT2D eigenvalue weighted by molar-refractivity contribution is 0.538. The maximum Gasteiger partial charge on any atom is -0.0326 e. The Labute approximate surface area is 226 Å². The first kappa shape index (κ1) is 35.4. The van der Waals surface area contributed by atoms with Crippen molar-refractivity contribution in [3.63, 3.8) is 0 Å². The Kier molecular flexibility index (Phi) is 32.9. The van der Waals surface area contributed by atoms with E-state index in [1.807, 2.05) is 0 Å². The summed E-state index contributed by atoms with van der Waals surface area (Å²) in [6.45, 7) is 7.08. The Balaban J connectivity index is 3.25. The molecule has 0 aliphatic rings.